The van der Waals surface area contributed by atoms with Crippen molar-refractivity contribution in [2.75, 3.05) is 13.7 Å². The molecule has 0 spiro atoms. The number of hydrogen-bond donors (Lipinski definition) is 1. The molecule has 1 heterocycles. The fourth-order valence-corrected chi connectivity index (χ4v) is 1.18. The van der Waals surface area contributed by atoms with Gasteiger partial charge in [-0.25, -0.2) is 9.97 Å². The molecule has 84 valence electrons. The number of aromatic nitrogens is 2. The third-order valence-electron chi connectivity index (χ3n) is 1.99. The predicted molar refractivity (Wildman–Crippen MR) is 56.6 cm³/mol. The summed E-state index contributed by atoms with van der Waals surface area (Å²) in [6.07, 6.45) is 1.63. The molecule has 0 aliphatic rings. The number of rotatable bonds is 5. The van der Waals surface area contributed by atoms with Gasteiger partial charge >= 0.3 is 6.01 Å². The minimum absolute atomic E-state index is 0.0573. The third-order valence-corrected chi connectivity index (χ3v) is 1.99. The molecule has 5 nitrogen and oxygen atoms in total. The molecule has 15 heavy (non-hydrogen) atoms. The van der Waals surface area contributed by atoms with Crippen LogP contribution >= 0.6 is 0 Å². The first-order valence-electron chi connectivity index (χ1n) is 4.85. The Bertz CT molecular complexity index is 318. The van der Waals surface area contributed by atoms with Crippen LogP contribution < -0.4 is 10.5 Å². The molecule has 0 saturated carbocycles. The summed E-state index contributed by atoms with van der Waals surface area (Å²) in [5.41, 5.74) is 7.29. The second kappa shape index (κ2) is 5.63. The van der Waals surface area contributed by atoms with Crippen molar-refractivity contribution < 1.29 is 9.47 Å². The van der Waals surface area contributed by atoms with E-state index in [1.165, 1.54) is 0 Å². The number of nitrogens with two attached hydrogens (primary N) is 1. The van der Waals surface area contributed by atoms with Gasteiger partial charge in [0.25, 0.3) is 0 Å². The molecule has 1 aromatic rings. The van der Waals surface area contributed by atoms with Crippen molar-refractivity contribution in [2.24, 2.45) is 5.73 Å². The Labute approximate surface area is 89.6 Å². The van der Waals surface area contributed by atoms with E-state index in [0.717, 1.165) is 11.3 Å². The molecule has 1 rings (SSSR count). The van der Waals surface area contributed by atoms with E-state index in [4.69, 9.17) is 15.2 Å². The zero-order valence-corrected chi connectivity index (χ0v) is 9.36. The topological polar surface area (TPSA) is 70.3 Å². The van der Waals surface area contributed by atoms with E-state index in [1.54, 1.807) is 13.3 Å². The molecule has 5 heteroatoms. The van der Waals surface area contributed by atoms with Gasteiger partial charge in [-0.05, 0) is 13.8 Å². The highest BCUT2D eigenvalue weighted by Crippen LogP contribution is 2.09. The molecule has 2 N–H and O–H groups in total. The Balaban J connectivity index is 2.66. The van der Waals surface area contributed by atoms with Gasteiger partial charge in [0.05, 0.1) is 6.61 Å². The molecule has 0 amide bonds. The zero-order valence-electron chi connectivity index (χ0n) is 9.36. The summed E-state index contributed by atoms with van der Waals surface area (Å²) in [5, 5.41) is 0. The van der Waals surface area contributed by atoms with E-state index in [0.29, 0.717) is 19.2 Å². The lowest BCUT2D eigenvalue weighted by molar-refractivity contribution is 0.0853. The fourth-order valence-electron chi connectivity index (χ4n) is 1.18. The quantitative estimate of drug-likeness (QED) is 0.774. The van der Waals surface area contributed by atoms with Crippen molar-refractivity contribution in [1.29, 1.82) is 0 Å². The van der Waals surface area contributed by atoms with Crippen LogP contribution in [0.5, 0.6) is 6.01 Å². The molecule has 0 aromatic carbocycles. The molecular weight excluding hydrogens is 194 g/mol. The van der Waals surface area contributed by atoms with E-state index < -0.39 is 0 Å². The number of hydrogen-bond acceptors (Lipinski definition) is 5. The standard InChI is InChI=1S/C10H17N3O2/c1-7(6-14-3)15-10-12-5-9(4-11)8(2)13-10/h5,7H,4,6,11H2,1-3H3. The van der Waals surface area contributed by atoms with Gasteiger partial charge in [0.1, 0.15) is 6.10 Å². The highest BCUT2D eigenvalue weighted by atomic mass is 16.5. The normalized spacial score (nSPS) is 12.5. The molecule has 1 aromatic heterocycles. The maximum absolute atomic E-state index is 5.51. The lowest BCUT2D eigenvalue weighted by atomic mass is 10.2. The molecular formula is C10H17N3O2. The Morgan fingerprint density at radius 2 is 2.27 bits per heavy atom. The second-order valence-corrected chi connectivity index (χ2v) is 3.35. The first kappa shape index (κ1) is 11.9. The number of aryl methyl sites for hydroxylation is 1. The number of methoxy groups -OCH3 is 1. The van der Waals surface area contributed by atoms with Crippen molar-refractivity contribution >= 4 is 0 Å². The molecule has 0 fully saturated rings. The van der Waals surface area contributed by atoms with Crippen molar-refractivity contribution in [1.82, 2.24) is 9.97 Å². The first-order chi connectivity index (χ1) is 7.17. The van der Waals surface area contributed by atoms with E-state index in [1.807, 2.05) is 13.8 Å². The second-order valence-electron chi connectivity index (χ2n) is 3.35. The maximum atomic E-state index is 5.51. The molecule has 1 unspecified atom stereocenters. The number of nitrogens with zero attached hydrogens (tertiary/aromatic N) is 2. The zero-order chi connectivity index (χ0) is 11.3. The summed E-state index contributed by atoms with van der Waals surface area (Å²) in [4.78, 5) is 8.26. The lowest BCUT2D eigenvalue weighted by Crippen LogP contribution is -2.19. The average Bonchev–Trinajstić information content (AvgIpc) is 2.18. The molecule has 0 saturated heterocycles. The van der Waals surface area contributed by atoms with Crippen LogP contribution in [0.2, 0.25) is 0 Å². The first-order valence-corrected chi connectivity index (χ1v) is 4.85. The van der Waals surface area contributed by atoms with Gasteiger partial charge in [-0.15, -0.1) is 0 Å². The lowest BCUT2D eigenvalue weighted by Gasteiger charge is -2.12. The Morgan fingerprint density at radius 1 is 1.53 bits per heavy atom. The smallest absolute Gasteiger partial charge is 0.316 e. The van der Waals surface area contributed by atoms with Gasteiger partial charge in [0.2, 0.25) is 0 Å². The van der Waals surface area contributed by atoms with E-state index in [-0.39, 0.29) is 6.10 Å². The van der Waals surface area contributed by atoms with Crippen LogP contribution in [0.1, 0.15) is 18.2 Å². The fraction of sp³-hybridized carbons (Fsp3) is 0.600. The minimum atomic E-state index is -0.0573. The molecule has 1 atom stereocenters. The summed E-state index contributed by atoms with van der Waals surface area (Å²) < 4.78 is 10.4. The van der Waals surface area contributed by atoms with Gasteiger partial charge in [-0.2, -0.15) is 0 Å². The maximum Gasteiger partial charge on any atom is 0.316 e. The SMILES string of the molecule is COCC(C)Oc1ncc(CN)c(C)n1. The van der Waals surface area contributed by atoms with Crippen LogP contribution in [0.3, 0.4) is 0 Å². The van der Waals surface area contributed by atoms with Crippen molar-refractivity contribution in [2.45, 2.75) is 26.5 Å². The van der Waals surface area contributed by atoms with Crippen LogP contribution in [0.4, 0.5) is 0 Å². The van der Waals surface area contributed by atoms with Crippen LogP contribution in [0.25, 0.3) is 0 Å². The van der Waals surface area contributed by atoms with Gasteiger partial charge in [0.15, 0.2) is 0 Å². The minimum Gasteiger partial charge on any atom is -0.458 e. The molecule has 0 radical (unpaired) electrons. The van der Waals surface area contributed by atoms with Gasteiger partial charge in [-0.3, -0.25) is 0 Å². The van der Waals surface area contributed by atoms with Crippen molar-refractivity contribution in [3.63, 3.8) is 0 Å². The van der Waals surface area contributed by atoms with Crippen LogP contribution in [-0.4, -0.2) is 29.8 Å². The van der Waals surface area contributed by atoms with E-state index >= 15 is 0 Å². The summed E-state index contributed by atoms with van der Waals surface area (Å²) in [6, 6.07) is 0.370. The average molecular weight is 211 g/mol. The Kier molecular flexibility index (Phi) is 4.45. The molecule has 0 bridgehead atoms. The third kappa shape index (κ3) is 3.45. The summed E-state index contributed by atoms with van der Waals surface area (Å²) in [6.45, 7) is 4.75. The van der Waals surface area contributed by atoms with Gasteiger partial charge in [0, 0.05) is 31.1 Å². The highest BCUT2D eigenvalue weighted by molar-refractivity contribution is 5.17. The van der Waals surface area contributed by atoms with Crippen LogP contribution in [0.15, 0.2) is 6.20 Å². The van der Waals surface area contributed by atoms with Gasteiger partial charge in [-0.1, -0.05) is 0 Å². The largest absolute Gasteiger partial charge is 0.458 e. The van der Waals surface area contributed by atoms with Gasteiger partial charge < -0.3 is 15.2 Å². The predicted octanol–water partition coefficient (Wildman–Crippen LogP) is 0.657. The van der Waals surface area contributed by atoms with E-state index in [2.05, 4.69) is 9.97 Å². The monoisotopic (exact) mass is 211 g/mol. The molecule has 0 aliphatic carbocycles. The highest BCUT2D eigenvalue weighted by Gasteiger charge is 2.07. The summed E-state index contributed by atoms with van der Waals surface area (Å²) in [7, 11) is 1.63. The van der Waals surface area contributed by atoms with Crippen molar-refractivity contribution in [3.05, 3.63) is 17.5 Å². The summed E-state index contributed by atoms with van der Waals surface area (Å²) >= 11 is 0. The van der Waals surface area contributed by atoms with E-state index in [9.17, 15) is 0 Å². The molecule has 0 aliphatic heterocycles. The van der Waals surface area contributed by atoms with Crippen LogP contribution in [-0.2, 0) is 11.3 Å². The Hall–Kier alpha value is -1.20. The van der Waals surface area contributed by atoms with Crippen molar-refractivity contribution in [3.8, 4) is 6.01 Å². The summed E-state index contributed by atoms with van der Waals surface area (Å²) in [5.74, 6) is 0. The van der Waals surface area contributed by atoms with Crippen LogP contribution in [0, 0.1) is 6.92 Å². The Morgan fingerprint density at radius 3 is 2.80 bits per heavy atom. The number of ether oxygens (including phenoxy) is 2.